The van der Waals surface area contributed by atoms with E-state index in [0.29, 0.717) is 18.3 Å². The normalized spacial score (nSPS) is 16.9. The number of nitrogens with zero attached hydrogens (tertiary/aromatic N) is 4. The summed E-state index contributed by atoms with van der Waals surface area (Å²) >= 11 is 0. The Morgan fingerprint density at radius 1 is 1.29 bits per heavy atom. The van der Waals surface area contributed by atoms with Crippen LogP contribution in [0, 0.1) is 6.92 Å². The number of furan rings is 1. The number of rotatable bonds is 7. The van der Waals surface area contributed by atoms with Crippen molar-refractivity contribution in [2.45, 2.75) is 65.0 Å². The number of guanidine groups is 1. The van der Waals surface area contributed by atoms with Gasteiger partial charge in [0.05, 0.1) is 6.54 Å². The number of aryl methyl sites for hydroxylation is 2. The van der Waals surface area contributed by atoms with Gasteiger partial charge in [0.15, 0.2) is 5.96 Å². The minimum Gasteiger partial charge on any atom is -0.463 e. The Morgan fingerprint density at radius 3 is 2.89 bits per heavy atom. The van der Waals surface area contributed by atoms with E-state index in [1.807, 2.05) is 19.9 Å². The van der Waals surface area contributed by atoms with E-state index in [2.05, 4.69) is 30.4 Å². The molecule has 0 radical (unpaired) electrons. The first-order valence-electron chi connectivity index (χ1n) is 10.2. The summed E-state index contributed by atoms with van der Waals surface area (Å²) in [5, 5.41) is 25.9. The third kappa shape index (κ3) is 5.13. The molecule has 1 atom stereocenters. The van der Waals surface area contributed by atoms with Crippen LogP contribution in [0.25, 0.3) is 0 Å². The number of fused-ring (bicyclic) bond motifs is 1. The molecule has 1 aliphatic heterocycles. The molecule has 0 aromatic carbocycles. The molecule has 0 saturated heterocycles. The molecule has 0 saturated carbocycles. The third-order valence-corrected chi connectivity index (χ3v) is 4.99. The average Bonchev–Trinajstić information content (AvgIpc) is 3.19. The topological polar surface area (TPSA) is 100 Å². The molecule has 0 bridgehead atoms. The van der Waals surface area contributed by atoms with E-state index in [9.17, 15) is 5.11 Å². The Hall–Kier alpha value is -2.35. The fraction of sp³-hybridized carbons (Fsp3) is 0.650. The molecular formula is C20H32N6O2. The van der Waals surface area contributed by atoms with Gasteiger partial charge in [-0.15, -0.1) is 10.2 Å². The molecule has 0 spiro atoms. The summed E-state index contributed by atoms with van der Waals surface area (Å²) in [6.45, 7) is 8.25. The summed E-state index contributed by atoms with van der Waals surface area (Å²) in [5.41, 5.74) is -1.15. The summed E-state index contributed by atoms with van der Waals surface area (Å²) in [4.78, 5) is 4.53. The molecule has 0 aliphatic carbocycles. The monoisotopic (exact) mass is 388 g/mol. The fourth-order valence-electron chi connectivity index (χ4n) is 3.40. The maximum absolute atomic E-state index is 10.7. The molecule has 1 unspecified atom stereocenters. The number of aliphatic imine (C=N–C) groups is 1. The van der Waals surface area contributed by atoms with Gasteiger partial charge in [0.25, 0.3) is 0 Å². The van der Waals surface area contributed by atoms with Gasteiger partial charge >= 0.3 is 0 Å². The van der Waals surface area contributed by atoms with E-state index in [1.54, 1.807) is 13.0 Å². The second kappa shape index (κ2) is 9.23. The molecule has 3 heterocycles. The number of hydrogen-bond donors (Lipinski definition) is 3. The first kappa shape index (κ1) is 20.4. The summed E-state index contributed by atoms with van der Waals surface area (Å²) in [6, 6.07) is 3.64. The Kier molecular flexibility index (Phi) is 6.72. The molecule has 3 rings (SSSR count). The zero-order valence-electron chi connectivity index (χ0n) is 17.2. The van der Waals surface area contributed by atoms with Crippen molar-refractivity contribution in [1.82, 2.24) is 25.4 Å². The van der Waals surface area contributed by atoms with E-state index in [4.69, 9.17) is 4.42 Å². The average molecular weight is 389 g/mol. The number of hydrogen-bond acceptors (Lipinski definition) is 5. The summed E-state index contributed by atoms with van der Waals surface area (Å²) in [7, 11) is 0. The van der Waals surface area contributed by atoms with Crippen molar-refractivity contribution >= 4 is 5.96 Å². The van der Waals surface area contributed by atoms with Crippen LogP contribution >= 0.6 is 0 Å². The summed E-state index contributed by atoms with van der Waals surface area (Å²) in [5.74, 6) is 4.10. The van der Waals surface area contributed by atoms with Crippen LogP contribution in [0.15, 0.2) is 21.5 Å². The zero-order chi connectivity index (χ0) is 20.0. The predicted molar refractivity (Wildman–Crippen MR) is 108 cm³/mol. The van der Waals surface area contributed by atoms with E-state index in [-0.39, 0.29) is 6.54 Å². The minimum absolute atomic E-state index is 0.204. The molecule has 3 N–H and O–H groups in total. The number of nitrogens with one attached hydrogen (secondary N) is 2. The Balaban J connectivity index is 1.57. The first-order chi connectivity index (χ1) is 13.5. The van der Waals surface area contributed by atoms with Crippen molar-refractivity contribution in [3.63, 3.8) is 0 Å². The molecule has 1 aliphatic rings. The van der Waals surface area contributed by atoms with Crippen LogP contribution in [0.5, 0.6) is 0 Å². The highest BCUT2D eigenvalue weighted by molar-refractivity contribution is 5.79. The van der Waals surface area contributed by atoms with E-state index < -0.39 is 5.60 Å². The van der Waals surface area contributed by atoms with E-state index >= 15 is 0 Å². The minimum atomic E-state index is -1.15. The van der Waals surface area contributed by atoms with Gasteiger partial charge in [-0.1, -0.05) is 6.42 Å². The number of aliphatic hydroxyl groups is 1. The van der Waals surface area contributed by atoms with Crippen molar-refractivity contribution in [1.29, 1.82) is 0 Å². The molecule has 0 amide bonds. The third-order valence-electron chi connectivity index (χ3n) is 4.99. The van der Waals surface area contributed by atoms with Gasteiger partial charge in [0, 0.05) is 32.5 Å². The van der Waals surface area contributed by atoms with Gasteiger partial charge in [-0.25, -0.2) is 4.99 Å². The van der Waals surface area contributed by atoms with E-state index in [0.717, 1.165) is 43.3 Å². The van der Waals surface area contributed by atoms with Crippen molar-refractivity contribution in [2.75, 3.05) is 19.6 Å². The lowest BCUT2D eigenvalue weighted by Gasteiger charge is -2.19. The van der Waals surface area contributed by atoms with Crippen molar-refractivity contribution in [3.05, 3.63) is 35.3 Å². The molecule has 2 aromatic heterocycles. The van der Waals surface area contributed by atoms with E-state index in [1.165, 1.54) is 19.3 Å². The highest BCUT2D eigenvalue weighted by atomic mass is 16.4. The van der Waals surface area contributed by atoms with Crippen molar-refractivity contribution in [3.8, 4) is 0 Å². The van der Waals surface area contributed by atoms with Gasteiger partial charge in [-0.05, 0) is 45.7 Å². The van der Waals surface area contributed by atoms with Crippen LogP contribution in [0.4, 0.5) is 0 Å². The highest BCUT2D eigenvalue weighted by Crippen LogP contribution is 2.23. The summed E-state index contributed by atoms with van der Waals surface area (Å²) in [6.07, 6.45) is 5.45. The van der Waals surface area contributed by atoms with Crippen LogP contribution in [-0.4, -0.2) is 45.5 Å². The highest BCUT2D eigenvalue weighted by Gasteiger charge is 2.26. The second-order valence-corrected chi connectivity index (χ2v) is 7.55. The quantitative estimate of drug-likeness (QED) is 0.495. The molecule has 0 fully saturated rings. The van der Waals surface area contributed by atoms with Crippen LogP contribution in [-0.2, 0) is 25.0 Å². The Morgan fingerprint density at radius 2 is 2.14 bits per heavy atom. The lowest BCUT2D eigenvalue weighted by Crippen LogP contribution is -2.40. The molecule has 28 heavy (non-hydrogen) atoms. The Bertz CT molecular complexity index is 792. The number of aromatic nitrogens is 3. The molecule has 2 aromatic rings. The lowest BCUT2D eigenvalue weighted by molar-refractivity contribution is 0.0428. The standard InChI is InChI=1S/C20H32N6O2/c1-4-21-19(23-14-20(3,27)16-10-9-15(2)28-16)22-12-11-18-25-24-17-8-6-5-7-13-26(17)18/h9-10,27H,4-8,11-14H2,1-3H3,(H2,21,22,23). The maximum atomic E-state index is 10.7. The lowest BCUT2D eigenvalue weighted by atomic mass is 10.0. The maximum Gasteiger partial charge on any atom is 0.191 e. The molecule has 8 heteroatoms. The fourth-order valence-corrected chi connectivity index (χ4v) is 3.40. The van der Waals surface area contributed by atoms with Crippen LogP contribution in [0.1, 0.15) is 56.3 Å². The largest absolute Gasteiger partial charge is 0.463 e. The van der Waals surface area contributed by atoms with Gasteiger partial charge in [-0.3, -0.25) is 0 Å². The van der Waals surface area contributed by atoms with Gasteiger partial charge in [0.1, 0.15) is 28.8 Å². The predicted octanol–water partition coefficient (Wildman–Crippen LogP) is 1.91. The van der Waals surface area contributed by atoms with Crippen LogP contribution in [0.3, 0.4) is 0 Å². The second-order valence-electron chi connectivity index (χ2n) is 7.55. The van der Waals surface area contributed by atoms with Gasteiger partial charge in [-0.2, -0.15) is 0 Å². The van der Waals surface area contributed by atoms with Crippen LogP contribution in [0.2, 0.25) is 0 Å². The van der Waals surface area contributed by atoms with Crippen molar-refractivity contribution < 1.29 is 9.52 Å². The smallest absolute Gasteiger partial charge is 0.191 e. The molecular weight excluding hydrogens is 356 g/mol. The van der Waals surface area contributed by atoms with Crippen LogP contribution < -0.4 is 10.6 Å². The Labute approximate surface area is 166 Å². The first-order valence-corrected chi connectivity index (χ1v) is 10.2. The molecule has 154 valence electrons. The SMILES string of the molecule is CCNC(=NCC(C)(O)c1ccc(C)o1)NCCc1nnc2n1CCCCC2. The van der Waals surface area contributed by atoms with Gasteiger partial charge in [0.2, 0.25) is 0 Å². The zero-order valence-corrected chi connectivity index (χ0v) is 17.2. The van der Waals surface area contributed by atoms with Gasteiger partial charge < -0.3 is 24.7 Å². The summed E-state index contributed by atoms with van der Waals surface area (Å²) < 4.78 is 7.82. The molecule has 8 nitrogen and oxygen atoms in total. The van der Waals surface area contributed by atoms with Crippen molar-refractivity contribution in [2.24, 2.45) is 4.99 Å².